The van der Waals surface area contributed by atoms with Gasteiger partial charge in [0.15, 0.2) is 0 Å². The van der Waals surface area contributed by atoms with Crippen molar-refractivity contribution in [3.8, 4) is 0 Å². The molecular formula is C16H11N3. The molecule has 0 saturated heterocycles. The monoisotopic (exact) mass is 246 g/mol. The Morgan fingerprint density at radius 2 is 1.53 bits per heavy atom. The fourth-order valence-electron chi connectivity index (χ4n) is 2.58. The van der Waals surface area contributed by atoms with Gasteiger partial charge in [0.2, 0.25) is 0 Å². The first-order valence-electron chi connectivity index (χ1n) is 6.77. The van der Waals surface area contributed by atoms with Gasteiger partial charge in [-0.1, -0.05) is 6.07 Å². The third-order valence-electron chi connectivity index (χ3n) is 3.43. The van der Waals surface area contributed by atoms with E-state index < -0.39 is 0 Å². The Morgan fingerprint density at radius 3 is 2.32 bits per heavy atom. The van der Waals surface area contributed by atoms with Crippen molar-refractivity contribution in [2.75, 3.05) is 0 Å². The molecule has 3 aromatic heterocycles. The van der Waals surface area contributed by atoms with Crippen molar-refractivity contribution in [3.05, 3.63) is 54.7 Å². The van der Waals surface area contributed by atoms with Crippen molar-refractivity contribution in [1.29, 1.82) is 0 Å². The van der Waals surface area contributed by atoms with Gasteiger partial charge in [0, 0.05) is 48.0 Å². The van der Waals surface area contributed by atoms with Gasteiger partial charge in [-0.2, -0.15) is 0 Å². The van der Waals surface area contributed by atoms with Crippen LogP contribution in [0.25, 0.3) is 32.4 Å². The van der Waals surface area contributed by atoms with Gasteiger partial charge in [0.1, 0.15) is 0 Å². The van der Waals surface area contributed by atoms with E-state index in [1.807, 2.05) is 36.7 Å². The summed E-state index contributed by atoms with van der Waals surface area (Å²) in [5.41, 5.74) is 1.69. The van der Waals surface area contributed by atoms with Gasteiger partial charge < -0.3 is 0 Å². The third kappa shape index (κ3) is 1.41. The molecule has 0 bridgehead atoms. The quantitative estimate of drug-likeness (QED) is 0.445. The molecule has 1 aromatic carbocycles. The molecule has 3 heterocycles. The van der Waals surface area contributed by atoms with Crippen molar-refractivity contribution in [1.82, 2.24) is 15.0 Å². The summed E-state index contributed by atoms with van der Waals surface area (Å²) >= 11 is 0. The summed E-state index contributed by atoms with van der Waals surface area (Å²) in [5, 5.41) is 5.44. The summed E-state index contributed by atoms with van der Waals surface area (Å²) in [6.45, 7) is 0.187. The maximum absolute atomic E-state index is 7.50. The van der Waals surface area contributed by atoms with Crippen molar-refractivity contribution in [2.45, 2.75) is 6.90 Å². The standard InChI is InChI=1S/C16H11N3/c1-10-2-3-13-11-4-6-17-8-14(11)12-5-7-18-9-15(12)16(13)19-10/h2-9H,1H3/i1D. The van der Waals surface area contributed by atoms with Gasteiger partial charge >= 0.3 is 0 Å². The highest BCUT2D eigenvalue weighted by Gasteiger charge is 2.09. The number of aryl methyl sites for hydroxylation is 1. The molecule has 3 nitrogen and oxygen atoms in total. The molecule has 0 aliphatic heterocycles. The highest BCUT2D eigenvalue weighted by Crippen LogP contribution is 2.32. The number of nitrogens with zero attached hydrogens (tertiary/aromatic N) is 3. The lowest BCUT2D eigenvalue weighted by Crippen LogP contribution is -1.89. The molecule has 0 atom stereocenters. The van der Waals surface area contributed by atoms with Crippen LogP contribution < -0.4 is 0 Å². The zero-order valence-corrected chi connectivity index (χ0v) is 10.2. The average Bonchev–Trinajstić information content (AvgIpc) is 2.54. The second-order valence-electron chi connectivity index (χ2n) is 4.54. The fraction of sp³-hybridized carbons (Fsp3) is 0.0625. The normalized spacial score (nSPS) is 12.1. The van der Waals surface area contributed by atoms with Crippen molar-refractivity contribution in [3.63, 3.8) is 0 Å². The highest BCUT2D eigenvalue weighted by atomic mass is 14.7. The Morgan fingerprint density at radius 1 is 0.789 bits per heavy atom. The summed E-state index contributed by atoms with van der Waals surface area (Å²) in [4.78, 5) is 13.1. The first-order chi connectivity index (χ1) is 9.88. The number of fused-ring (bicyclic) bond motifs is 6. The minimum absolute atomic E-state index is 0.187. The maximum atomic E-state index is 7.50. The molecule has 0 fully saturated rings. The smallest absolute Gasteiger partial charge is 0.0805 e. The van der Waals surface area contributed by atoms with Gasteiger partial charge in [-0.15, -0.1) is 0 Å². The maximum Gasteiger partial charge on any atom is 0.0805 e. The van der Waals surface area contributed by atoms with E-state index in [4.69, 9.17) is 1.37 Å². The Bertz CT molecular complexity index is 915. The Kier molecular flexibility index (Phi) is 1.84. The van der Waals surface area contributed by atoms with E-state index in [1.165, 1.54) is 0 Å². The van der Waals surface area contributed by atoms with E-state index in [1.54, 1.807) is 12.4 Å². The molecule has 0 radical (unpaired) electrons. The van der Waals surface area contributed by atoms with E-state index in [2.05, 4.69) is 15.0 Å². The van der Waals surface area contributed by atoms with Gasteiger partial charge in [-0.05, 0) is 35.9 Å². The molecule has 0 saturated carbocycles. The predicted molar refractivity (Wildman–Crippen MR) is 77.1 cm³/mol. The van der Waals surface area contributed by atoms with Crippen molar-refractivity contribution >= 4 is 32.4 Å². The number of rotatable bonds is 0. The van der Waals surface area contributed by atoms with Gasteiger partial charge in [-0.3, -0.25) is 15.0 Å². The van der Waals surface area contributed by atoms with E-state index in [0.29, 0.717) is 0 Å². The van der Waals surface area contributed by atoms with Crippen LogP contribution in [0.2, 0.25) is 0 Å². The zero-order chi connectivity index (χ0) is 13.5. The lowest BCUT2D eigenvalue weighted by Gasteiger charge is -2.08. The van der Waals surface area contributed by atoms with Crippen LogP contribution in [-0.2, 0) is 0 Å². The highest BCUT2D eigenvalue weighted by molar-refractivity contribution is 6.23. The summed E-state index contributed by atoms with van der Waals surface area (Å²) in [5.74, 6) is 0. The Balaban J connectivity index is 2.35. The Hall–Kier alpha value is -2.55. The lowest BCUT2D eigenvalue weighted by molar-refractivity contribution is 1.26. The molecule has 0 aliphatic carbocycles. The van der Waals surface area contributed by atoms with Crippen molar-refractivity contribution < 1.29 is 1.37 Å². The largest absolute Gasteiger partial charge is 0.264 e. The fourth-order valence-corrected chi connectivity index (χ4v) is 2.58. The molecule has 0 N–H and O–H groups in total. The minimum Gasteiger partial charge on any atom is -0.264 e. The zero-order valence-electron chi connectivity index (χ0n) is 11.2. The topological polar surface area (TPSA) is 38.7 Å². The Labute approximate surface area is 111 Å². The van der Waals surface area contributed by atoms with Crippen molar-refractivity contribution in [2.24, 2.45) is 0 Å². The second-order valence-corrected chi connectivity index (χ2v) is 4.54. The molecule has 4 rings (SSSR count). The number of aromatic nitrogens is 3. The van der Waals surface area contributed by atoms with Crippen LogP contribution in [0.3, 0.4) is 0 Å². The van der Waals surface area contributed by atoms with Crippen LogP contribution in [0.4, 0.5) is 0 Å². The number of pyridine rings is 3. The molecule has 0 unspecified atom stereocenters. The average molecular weight is 246 g/mol. The number of benzene rings is 1. The van der Waals surface area contributed by atoms with Crippen LogP contribution in [0.5, 0.6) is 0 Å². The molecule has 0 amide bonds. The molecule has 4 aromatic rings. The summed E-state index contributed by atoms with van der Waals surface area (Å²) in [6, 6.07) is 7.96. The summed E-state index contributed by atoms with van der Waals surface area (Å²) in [7, 11) is 0. The van der Waals surface area contributed by atoms with E-state index in [9.17, 15) is 0 Å². The number of hydrogen-bond acceptors (Lipinski definition) is 3. The van der Waals surface area contributed by atoms with Gasteiger partial charge in [0.05, 0.1) is 5.52 Å². The van der Waals surface area contributed by atoms with Crippen LogP contribution >= 0.6 is 0 Å². The summed E-state index contributed by atoms with van der Waals surface area (Å²) in [6.07, 6.45) is 7.31. The third-order valence-corrected chi connectivity index (χ3v) is 3.43. The van der Waals surface area contributed by atoms with E-state index >= 15 is 0 Å². The van der Waals surface area contributed by atoms with Crippen LogP contribution in [0.15, 0.2) is 49.1 Å². The van der Waals surface area contributed by atoms with E-state index in [-0.39, 0.29) is 6.90 Å². The molecule has 19 heavy (non-hydrogen) atoms. The molecule has 3 heteroatoms. The first-order valence-corrected chi connectivity index (χ1v) is 6.07. The van der Waals surface area contributed by atoms with Crippen LogP contribution in [0.1, 0.15) is 7.06 Å². The summed E-state index contributed by atoms with van der Waals surface area (Å²) < 4.78 is 7.50. The first kappa shape index (κ1) is 9.39. The molecule has 0 aliphatic rings. The van der Waals surface area contributed by atoms with Gasteiger partial charge in [0.25, 0.3) is 0 Å². The minimum atomic E-state index is 0.187. The van der Waals surface area contributed by atoms with E-state index in [0.717, 1.165) is 38.1 Å². The molecule has 0 spiro atoms. The van der Waals surface area contributed by atoms with Crippen LogP contribution in [-0.4, -0.2) is 15.0 Å². The molecular weight excluding hydrogens is 234 g/mol. The van der Waals surface area contributed by atoms with Crippen LogP contribution in [0, 0.1) is 6.90 Å². The SMILES string of the molecule is [2H]Cc1ccc2c3ccncc3c3ccncc3c2n1. The molecule has 90 valence electrons. The van der Waals surface area contributed by atoms with Gasteiger partial charge in [-0.25, -0.2) is 0 Å². The number of hydrogen-bond donors (Lipinski definition) is 0. The predicted octanol–water partition coefficient (Wildman–Crippen LogP) is 3.64. The lowest BCUT2D eigenvalue weighted by atomic mass is 10.00. The second kappa shape index (κ2) is 3.72.